The van der Waals surface area contributed by atoms with Crippen LogP contribution in [0, 0.1) is 26.2 Å². The molecule has 0 radical (unpaired) electrons. The van der Waals surface area contributed by atoms with Crippen LogP contribution in [0.3, 0.4) is 0 Å². The molecule has 0 spiro atoms. The third-order valence-corrected chi connectivity index (χ3v) is 3.16. The van der Waals surface area contributed by atoms with E-state index in [-0.39, 0.29) is 5.84 Å². The Morgan fingerprint density at radius 3 is 2.53 bits per heavy atom. The molecule has 0 atom stereocenters. The number of nitrogens with two attached hydrogens (primary N) is 1. The quantitative estimate of drug-likeness (QED) is 0.654. The van der Waals surface area contributed by atoms with Crippen LogP contribution >= 0.6 is 0 Å². The van der Waals surface area contributed by atoms with Crippen LogP contribution in [0.1, 0.15) is 22.3 Å². The normalized spacial score (nSPS) is 10.3. The van der Waals surface area contributed by atoms with Crippen molar-refractivity contribution in [3.05, 3.63) is 52.8 Å². The maximum atomic E-state index is 7.56. The topological polar surface area (TPSA) is 72.0 Å². The number of pyridine rings is 1. The lowest BCUT2D eigenvalue weighted by Gasteiger charge is -2.15. The van der Waals surface area contributed by atoms with Gasteiger partial charge < -0.3 is 10.5 Å². The molecule has 19 heavy (non-hydrogen) atoms. The van der Waals surface area contributed by atoms with Crippen LogP contribution < -0.4 is 10.5 Å². The molecule has 0 aliphatic rings. The highest BCUT2D eigenvalue weighted by atomic mass is 16.5. The Bertz CT molecular complexity index is 635. The molecule has 0 amide bonds. The fraction of sp³-hybridized carbons (Fsp3) is 0.200. The Morgan fingerprint density at radius 1 is 1.16 bits per heavy atom. The van der Waals surface area contributed by atoms with Crippen LogP contribution in [0.25, 0.3) is 0 Å². The first-order valence-electron chi connectivity index (χ1n) is 6.03. The predicted octanol–water partition coefficient (Wildman–Crippen LogP) is 3.08. The molecule has 4 nitrogen and oxygen atoms in total. The summed E-state index contributed by atoms with van der Waals surface area (Å²) in [5.74, 6) is 1.28. The lowest BCUT2D eigenvalue weighted by molar-refractivity contribution is 0.471. The van der Waals surface area contributed by atoms with Gasteiger partial charge in [-0.2, -0.15) is 0 Å². The molecule has 4 heteroatoms. The van der Waals surface area contributed by atoms with E-state index >= 15 is 0 Å². The SMILES string of the molecule is Cc1ccc(C)c(Oc2cnccc2C(=N)N)c1C. The van der Waals surface area contributed by atoms with Gasteiger partial charge in [0.05, 0.1) is 11.8 Å². The molecule has 0 bridgehead atoms. The lowest BCUT2D eigenvalue weighted by atomic mass is 10.1. The molecular weight excluding hydrogens is 238 g/mol. The number of hydrogen-bond donors (Lipinski definition) is 2. The number of amidine groups is 1. The first-order valence-corrected chi connectivity index (χ1v) is 6.03. The number of nitrogens with zero attached hydrogens (tertiary/aromatic N) is 1. The molecule has 1 aromatic carbocycles. The van der Waals surface area contributed by atoms with Crippen LogP contribution in [0.5, 0.6) is 11.5 Å². The molecule has 0 saturated heterocycles. The number of nitrogens with one attached hydrogen (secondary N) is 1. The molecule has 2 rings (SSSR count). The van der Waals surface area contributed by atoms with E-state index < -0.39 is 0 Å². The Balaban J connectivity index is 2.48. The Kier molecular flexibility index (Phi) is 3.51. The van der Waals surface area contributed by atoms with Crippen LogP contribution in [-0.2, 0) is 0 Å². The number of rotatable bonds is 3. The minimum atomic E-state index is -0.0274. The summed E-state index contributed by atoms with van der Waals surface area (Å²) < 4.78 is 5.93. The number of nitrogen functional groups attached to an aromatic ring is 1. The second-order valence-electron chi connectivity index (χ2n) is 4.54. The molecule has 1 aromatic heterocycles. The van der Waals surface area contributed by atoms with Gasteiger partial charge in [0.2, 0.25) is 0 Å². The van der Waals surface area contributed by atoms with Gasteiger partial charge in [-0.25, -0.2) is 0 Å². The molecular formula is C15H17N3O. The molecule has 0 fully saturated rings. The van der Waals surface area contributed by atoms with Crippen molar-refractivity contribution in [2.24, 2.45) is 5.73 Å². The van der Waals surface area contributed by atoms with Crippen LogP contribution in [0.2, 0.25) is 0 Å². The summed E-state index contributed by atoms with van der Waals surface area (Å²) in [4.78, 5) is 4.03. The van der Waals surface area contributed by atoms with Gasteiger partial charge in [-0.3, -0.25) is 10.4 Å². The average Bonchev–Trinajstić information content (AvgIpc) is 2.39. The maximum Gasteiger partial charge on any atom is 0.156 e. The third kappa shape index (κ3) is 2.57. The van der Waals surface area contributed by atoms with Gasteiger partial charge in [0.15, 0.2) is 5.75 Å². The average molecular weight is 255 g/mol. The highest BCUT2D eigenvalue weighted by Crippen LogP contribution is 2.31. The Hall–Kier alpha value is -2.36. The van der Waals surface area contributed by atoms with E-state index in [1.54, 1.807) is 18.5 Å². The lowest BCUT2D eigenvalue weighted by Crippen LogP contribution is -2.12. The van der Waals surface area contributed by atoms with Gasteiger partial charge in [-0.05, 0) is 43.5 Å². The van der Waals surface area contributed by atoms with E-state index in [2.05, 4.69) is 11.1 Å². The predicted molar refractivity (Wildman–Crippen MR) is 76.0 cm³/mol. The fourth-order valence-electron chi connectivity index (χ4n) is 1.88. The number of aromatic nitrogens is 1. The highest BCUT2D eigenvalue weighted by molar-refractivity contribution is 5.97. The molecule has 0 aliphatic carbocycles. The van der Waals surface area contributed by atoms with Crippen molar-refractivity contribution in [3.8, 4) is 11.5 Å². The maximum absolute atomic E-state index is 7.56. The Morgan fingerprint density at radius 2 is 1.84 bits per heavy atom. The molecule has 2 aromatic rings. The second kappa shape index (κ2) is 5.10. The van der Waals surface area contributed by atoms with Crippen molar-refractivity contribution in [1.29, 1.82) is 5.41 Å². The number of benzene rings is 1. The molecule has 98 valence electrons. The van der Waals surface area contributed by atoms with Crippen LogP contribution in [-0.4, -0.2) is 10.8 Å². The number of hydrogen-bond acceptors (Lipinski definition) is 3. The first kappa shape index (κ1) is 13.1. The number of ether oxygens (including phenoxy) is 1. The zero-order valence-corrected chi connectivity index (χ0v) is 11.3. The van der Waals surface area contributed by atoms with E-state index in [1.165, 1.54) is 0 Å². The summed E-state index contributed by atoms with van der Waals surface area (Å²) in [7, 11) is 0. The van der Waals surface area contributed by atoms with Crippen LogP contribution in [0.4, 0.5) is 0 Å². The van der Waals surface area contributed by atoms with Gasteiger partial charge in [-0.1, -0.05) is 12.1 Å². The number of aryl methyl sites for hydroxylation is 2. The summed E-state index contributed by atoms with van der Waals surface area (Å²) in [6.07, 6.45) is 3.18. The summed E-state index contributed by atoms with van der Waals surface area (Å²) >= 11 is 0. The van der Waals surface area contributed by atoms with Gasteiger partial charge >= 0.3 is 0 Å². The highest BCUT2D eigenvalue weighted by Gasteiger charge is 2.12. The van der Waals surface area contributed by atoms with Crippen molar-refractivity contribution in [2.75, 3.05) is 0 Å². The summed E-state index contributed by atoms with van der Waals surface area (Å²) in [5.41, 5.74) is 9.39. The van der Waals surface area contributed by atoms with Crippen molar-refractivity contribution in [3.63, 3.8) is 0 Å². The van der Waals surface area contributed by atoms with E-state index in [9.17, 15) is 0 Å². The molecule has 1 heterocycles. The standard InChI is InChI=1S/C15H17N3O/c1-9-4-5-10(2)14(11(9)3)19-13-8-18-7-6-12(13)15(16)17/h4-8H,1-3H3,(H3,16,17). The zero-order chi connectivity index (χ0) is 14.0. The van der Waals surface area contributed by atoms with Crippen molar-refractivity contribution in [1.82, 2.24) is 4.98 Å². The zero-order valence-electron chi connectivity index (χ0n) is 11.3. The Labute approximate surface area is 112 Å². The molecule has 3 N–H and O–H groups in total. The minimum absolute atomic E-state index is 0.0274. The van der Waals surface area contributed by atoms with Gasteiger partial charge in [-0.15, -0.1) is 0 Å². The van der Waals surface area contributed by atoms with E-state index in [1.807, 2.05) is 26.8 Å². The largest absolute Gasteiger partial charge is 0.454 e. The van der Waals surface area contributed by atoms with E-state index in [4.69, 9.17) is 15.9 Å². The van der Waals surface area contributed by atoms with E-state index in [0.29, 0.717) is 11.3 Å². The monoisotopic (exact) mass is 255 g/mol. The van der Waals surface area contributed by atoms with E-state index in [0.717, 1.165) is 22.4 Å². The van der Waals surface area contributed by atoms with Crippen LogP contribution in [0.15, 0.2) is 30.6 Å². The third-order valence-electron chi connectivity index (χ3n) is 3.16. The van der Waals surface area contributed by atoms with Gasteiger partial charge in [0, 0.05) is 6.20 Å². The second-order valence-corrected chi connectivity index (χ2v) is 4.54. The molecule has 0 saturated carbocycles. The van der Waals surface area contributed by atoms with Crippen molar-refractivity contribution >= 4 is 5.84 Å². The fourth-order valence-corrected chi connectivity index (χ4v) is 1.88. The first-order chi connectivity index (χ1) is 9.00. The van der Waals surface area contributed by atoms with Crippen molar-refractivity contribution in [2.45, 2.75) is 20.8 Å². The van der Waals surface area contributed by atoms with Crippen molar-refractivity contribution < 1.29 is 4.74 Å². The van der Waals surface area contributed by atoms with Gasteiger partial charge in [0.1, 0.15) is 11.6 Å². The summed E-state index contributed by atoms with van der Waals surface area (Å²) in [5, 5.41) is 7.56. The molecule has 0 unspecified atom stereocenters. The minimum Gasteiger partial charge on any atom is -0.454 e. The molecule has 0 aliphatic heterocycles. The summed E-state index contributed by atoms with van der Waals surface area (Å²) in [6.45, 7) is 6.05. The van der Waals surface area contributed by atoms with Gasteiger partial charge in [0.25, 0.3) is 0 Å². The summed E-state index contributed by atoms with van der Waals surface area (Å²) in [6, 6.07) is 5.76. The smallest absolute Gasteiger partial charge is 0.156 e.